The number of hydrogen-bond acceptors (Lipinski definition) is 4. The van der Waals surface area contributed by atoms with Gasteiger partial charge in [-0.3, -0.25) is 0 Å². The number of anilines is 2. The molecule has 1 aliphatic carbocycles. The lowest BCUT2D eigenvalue weighted by Gasteiger charge is -2.10. The van der Waals surface area contributed by atoms with Crippen LogP contribution in [0.4, 0.5) is 11.6 Å². The fourth-order valence-corrected chi connectivity index (χ4v) is 2.41. The first-order valence-corrected chi connectivity index (χ1v) is 8.15. The summed E-state index contributed by atoms with van der Waals surface area (Å²) in [6.07, 6.45) is 2.42. The highest BCUT2D eigenvalue weighted by Crippen LogP contribution is 2.38. The molecule has 0 spiro atoms. The summed E-state index contributed by atoms with van der Waals surface area (Å²) in [5.41, 5.74) is 1.23. The van der Waals surface area contributed by atoms with E-state index >= 15 is 0 Å². The van der Waals surface area contributed by atoms with Crippen molar-refractivity contribution < 1.29 is 0 Å². The first-order valence-electron chi connectivity index (χ1n) is 7.36. The Kier molecular flexibility index (Phi) is 4.39. The minimum Gasteiger partial charge on any atom is -0.370 e. The largest absolute Gasteiger partial charge is 0.370 e. The van der Waals surface area contributed by atoms with Gasteiger partial charge in [0.25, 0.3) is 0 Å². The van der Waals surface area contributed by atoms with Gasteiger partial charge in [-0.1, -0.05) is 28.1 Å². The molecule has 1 heterocycles. The summed E-state index contributed by atoms with van der Waals surface area (Å²) in [6, 6.07) is 10.3. The second kappa shape index (κ2) is 6.43. The zero-order chi connectivity index (χ0) is 14.7. The van der Waals surface area contributed by atoms with Crippen molar-refractivity contribution in [2.24, 2.45) is 0 Å². The lowest BCUT2D eigenvalue weighted by atomic mass is 10.2. The van der Waals surface area contributed by atoms with E-state index in [1.807, 2.05) is 6.07 Å². The van der Waals surface area contributed by atoms with Crippen molar-refractivity contribution in [3.63, 3.8) is 0 Å². The lowest BCUT2D eigenvalue weighted by molar-refractivity contribution is 0.918. The van der Waals surface area contributed by atoms with Gasteiger partial charge in [0.1, 0.15) is 17.5 Å². The van der Waals surface area contributed by atoms with Gasteiger partial charge in [0.2, 0.25) is 0 Å². The van der Waals surface area contributed by atoms with Crippen molar-refractivity contribution >= 4 is 27.6 Å². The molecule has 1 aliphatic rings. The number of halogens is 1. The van der Waals surface area contributed by atoms with Crippen LogP contribution in [0.1, 0.15) is 37.1 Å². The molecule has 5 heteroatoms. The molecule has 0 atom stereocenters. The van der Waals surface area contributed by atoms with E-state index in [1.54, 1.807) is 0 Å². The molecular formula is C16H19BrN4. The van der Waals surface area contributed by atoms with E-state index in [0.29, 0.717) is 5.92 Å². The molecule has 1 aromatic heterocycles. The Morgan fingerprint density at radius 2 is 1.76 bits per heavy atom. The predicted molar refractivity (Wildman–Crippen MR) is 89.6 cm³/mol. The Labute approximate surface area is 133 Å². The molecule has 0 radical (unpaired) electrons. The molecule has 1 fully saturated rings. The summed E-state index contributed by atoms with van der Waals surface area (Å²) in [4.78, 5) is 9.22. The summed E-state index contributed by atoms with van der Waals surface area (Å²) in [6.45, 7) is 3.71. The fraction of sp³-hybridized carbons (Fsp3) is 0.375. The summed E-state index contributed by atoms with van der Waals surface area (Å²) in [5.74, 6) is 3.32. The molecule has 3 rings (SSSR count). The van der Waals surface area contributed by atoms with Crippen LogP contribution in [0.15, 0.2) is 34.8 Å². The van der Waals surface area contributed by atoms with Crippen LogP contribution in [0, 0.1) is 0 Å². The molecule has 2 N–H and O–H groups in total. The molecule has 110 valence electrons. The maximum absolute atomic E-state index is 4.64. The molecule has 1 aromatic carbocycles. The minimum atomic E-state index is 0.553. The van der Waals surface area contributed by atoms with Gasteiger partial charge in [-0.15, -0.1) is 0 Å². The van der Waals surface area contributed by atoms with E-state index in [9.17, 15) is 0 Å². The molecule has 0 aliphatic heterocycles. The highest BCUT2D eigenvalue weighted by Gasteiger charge is 2.27. The van der Waals surface area contributed by atoms with Gasteiger partial charge in [-0.2, -0.15) is 0 Å². The van der Waals surface area contributed by atoms with Gasteiger partial charge < -0.3 is 10.6 Å². The maximum Gasteiger partial charge on any atom is 0.136 e. The van der Waals surface area contributed by atoms with Crippen LogP contribution in [0.3, 0.4) is 0 Å². The average Bonchev–Trinajstić information content (AvgIpc) is 3.31. The van der Waals surface area contributed by atoms with Crippen LogP contribution in [-0.2, 0) is 6.54 Å². The molecule has 0 bridgehead atoms. The zero-order valence-corrected chi connectivity index (χ0v) is 13.7. The second-order valence-electron chi connectivity index (χ2n) is 5.28. The Morgan fingerprint density at radius 3 is 2.38 bits per heavy atom. The zero-order valence-electron chi connectivity index (χ0n) is 12.1. The number of rotatable bonds is 6. The van der Waals surface area contributed by atoms with Crippen LogP contribution in [0.2, 0.25) is 0 Å². The number of hydrogen-bond donors (Lipinski definition) is 2. The number of nitrogens with one attached hydrogen (secondary N) is 2. The third kappa shape index (κ3) is 3.94. The quantitative estimate of drug-likeness (QED) is 0.824. The van der Waals surface area contributed by atoms with Crippen LogP contribution in [-0.4, -0.2) is 16.5 Å². The molecule has 1 saturated carbocycles. The highest BCUT2D eigenvalue weighted by molar-refractivity contribution is 9.10. The molecule has 0 amide bonds. The smallest absolute Gasteiger partial charge is 0.136 e. The Morgan fingerprint density at radius 1 is 1.10 bits per heavy atom. The van der Waals surface area contributed by atoms with Crippen LogP contribution in [0.25, 0.3) is 0 Å². The average molecular weight is 347 g/mol. The van der Waals surface area contributed by atoms with Crippen LogP contribution < -0.4 is 10.6 Å². The van der Waals surface area contributed by atoms with Crippen molar-refractivity contribution in [2.75, 3.05) is 17.2 Å². The summed E-state index contributed by atoms with van der Waals surface area (Å²) in [7, 11) is 0. The van der Waals surface area contributed by atoms with E-state index in [4.69, 9.17) is 0 Å². The third-order valence-corrected chi connectivity index (χ3v) is 3.96. The van der Waals surface area contributed by atoms with Crippen LogP contribution in [0.5, 0.6) is 0 Å². The van der Waals surface area contributed by atoms with Gasteiger partial charge in [0.15, 0.2) is 0 Å². The van der Waals surface area contributed by atoms with Crippen molar-refractivity contribution in [2.45, 2.75) is 32.2 Å². The van der Waals surface area contributed by atoms with Crippen molar-refractivity contribution in [1.29, 1.82) is 0 Å². The number of nitrogens with zero attached hydrogens (tertiary/aromatic N) is 2. The monoisotopic (exact) mass is 346 g/mol. The topological polar surface area (TPSA) is 49.8 Å². The van der Waals surface area contributed by atoms with Gasteiger partial charge >= 0.3 is 0 Å². The minimum absolute atomic E-state index is 0.553. The Balaban J connectivity index is 1.72. The fourth-order valence-electron chi connectivity index (χ4n) is 2.15. The van der Waals surface area contributed by atoms with Crippen LogP contribution >= 0.6 is 15.9 Å². The summed E-state index contributed by atoms with van der Waals surface area (Å²) < 4.78 is 1.10. The van der Waals surface area contributed by atoms with Gasteiger partial charge in [-0.05, 0) is 37.5 Å². The number of aromatic nitrogens is 2. The van der Waals surface area contributed by atoms with E-state index in [0.717, 1.165) is 35.0 Å². The first kappa shape index (κ1) is 14.3. The number of benzene rings is 1. The second-order valence-corrected chi connectivity index (χ2v) is 6.20. The highest BCUT2D eigenvalue weighted by atomic mass is 79.9. The van der Waals surface area contributed by atoms with Gasteiger partial charge in [-0.25, -0.2) is 9.97 Å². The molecule has 2 aromatic rings. The summed E-state index contributed by atoms with van der Waals surface area (Å²) >= 11 is 3.45. The molecule has 21 heavy (non-hydrogen) atoms. The van der Waals surface area contributed by atoms with E-state index in [2.05, 4.69) is 67.7 Å². The van der Waals surface area contributed by atoms with E-state index < -0.39 is 0 Å². The first-order chi connectivity index (χ1) is 10.2. The van der Waals surface area contributed by atoms with E-state index in [1.165, 1.54) is 18.4 Å². The van der Waals surface area contributed by atoms with Crippen molar-refractivity contribution in [1.82, 2.24) is 9.97 Å². The Hall–Kier alpha value is -1.62. The third-order valence-electron chi connectivity index (χ3n) is 3.43. The maximum atomic E-state index is 4.64. The van der Waals surface area contributed by atoms with E-state index in [-0.39, 0.29) is 0 Å². The standard InChI is InChI=1S/C16H19BrN4/c1-2-18-14-9-15(21-16(20-14)12-5-6-12)19-10-11-3-7-13(17)8-4-11/h3-4,7-9,12H,2,5-6,10H2,1H3,(H2,18,19,20,21). The SMILES string of the molecule is CCNc1cc(NCc2ccc(Br)cc2)nc(C2CC2)n1. The van der Waals surface area contributed by atoms with Gasteiger partial charge in [0, 0.05) is 29.5 Å². The normalized spacial score (nSPS) is 14.0. The molecule has 0 saturated heterocycles. The molecule has 0 unspecified atom stereocenters. The Bertz CT molecular complexity index is 608. The van der Waals surface area contributed by atoms with Crippen molar-refractivity contribution in [3.8, 4) is 0 Å². The van der Waals surface area contributed by atoms with Gasteiger partial charge in [0.05, 0.1) is 0 Å². The predicted octanol–water partition coefficient (Wildman–Crippen LogP) is 4.16. The van der Waals surface area contributed by atoms with Crippen molar-refractivity contribution in [3.05, 3.63) is 46.2 Å². The summed E-state index contributed by atoms with van der Waals surface area (Å²) in [5, 5.41) is 6.68. The molecular weight excluding hydrogens is 328 g/mol. The molecule has 4 nitrogen and oxygen atoms in total. The lowest BCUT2D eigenvalue weighted by Crippen LogP contribution is -2.07.